The fourth-order valence-electron chi connectivity index (χ4n) is 5.82. The summed E-state index contributed by atoms with van der Waals surface area (Å²) >= 11 is 1.68. The Hall–Kier alpha value is -2.26. The van der Waals surface area contributed by atoms with E-state index in [1.165, 1.54) is 0 Å². The van der Waals surface area contributed by atoms with E-state index in [1.54, 1.807) is 48.0 Å². The van der Waals surface area contributed by atoms with Crippen LogP contribution >= 0.6 is 11.8 Å². The van der Waals surface area contributed by atoms with E-state index in [-0.39, 0.29) is 29.6 Å². The molecule has 5 atom stereocenters. The molecule has 2 bridgehead atoms. The summed E-state index contributed by atoms with van der Waals surface area (Å²) in [5.74, 6) is -0.509. The van der Waals surface area contributed by atoms with Crippen LogP contribution < -0.4 is 15.4 Å². The highest BCUT2D eigenvalue weighted by molar-refractivity contribution is 8.02. The summed E-state index contributed by atoms with van der Waals surface area (Å²) in [6.07, 6.45) is 4.58. The van der Waals surface area contributed by atoms with Crippen molar-refractivity contribution in [2.24, 2.45) is 11.8 Å². The first-order valence-electron chi connectivity index (χ1n) is 12.3. The number of thioether (sulfide) groups is 1. The molecular weight excluding hydrogens is 454 g/mol. The van der Waals surface area contributed by atoms with Crippen molar-refractivity contribution in [3.8, 4) is 5.75 Å². The van der Waals surface area contributed by atoms with Gasteiger partial charge in [0.05, 0.1) is 23.7 Å². The summed E-state index contributed by atoms with van der Waals surface area (Å²) in [5, 5.41) is 15.2. The zero-order valence-corrected chi connectivity index (χ0v) is 20.7. The Morgan fingerprint density at radius 2 is 1.97 bits per heavy atom. The van der Waals surface area contributed by atoms with Gasteiger partial charge in [0.15, 0.2) is 0 Å². The summed E-state index contributed by atoms with van der Waals surface area (Å²) < 4.78 is 4.62. The van der Waals surface area contributed by atoms with Gasteiger partial charge >= 0.3 is 0 Å². The molecule has 1 spiro atoms. The van der Waals surface area contributed by atoms with Crippen LogP contribution in [0.4, 0.5) is 5.69 Å². The number of carbonyl (C=O) groups excluding carboxylic acids is 3. The lowest BCUT2D eigenvalue weighted by Crippen LogP contribution is -2.51. The second-order valence-corrected chi connectivity index (χ2v) is 11.0. The Balaban J connectivity index is 1.60. The third kappa shape index (κ3) is 4.40. The highest BCUT2D eigenvalue weighted by Gasteiger charge is 2.73. The number of amides is 3. The minimum atomic E-state index is -0.625. The van der Waals surface area contributed by atoms with Crippen LogP contribution in [0.1, 0.15) is 45.4 Å². The van der Waals surface area contributed by atoms with Gasteiger partial charge in [-0.15, -0.1) is 11.8 Å². The fraction of sp³-hybridized carbons (Fsp3) is 0.640. The molecule has 186 valence electrons. The van der Waals surface area contributed by atoms with E-state index in [1.807, 2.05) is 6.92 Å². The molecule has 4 rings (SSSR count). The van der Waals surface area contributed by atoms with E-state index in [9.17, 15) is 14.4 Å². The zero-order chi connectivity index (χ0) is 24.3. The molecule has 0 radical (unpaired) electrons. The second-order valence-electron chi connectivity index (χ2n) is 9.38. The molecule has 1 aromatic carbocycles. The van der Waals surface area contributed by atoms with Crippen LogP contribution in [0.5, 0.6) is 5.75 Å². The molecule has 3 N–H and O–H groups in total. The largest absolute Gasteiger partial charge is 0.497 e. The Morgan fingerprint density at radius 3 is 2.65 bits per heavy atom. The minimum absolute atomic E-state index is 0.0595. The van der Waals surface area contributed by atoms with Gasteiger partial charge in [-0.25, -0.2) is 0 Å². The third-order valence-electron chi connectivity index (χ3n) is 7.32. The first kappa shape index (κ1) is 24.9. The summed E-state index contributed by atoms with van der Waals surface area (Å²) in [5.41, 5.74) is 0.646. The zero-order valence-electron chi connectivity index (χ0n) is 19.9. The molecule has 3 heterocycles. The van der Waals surface area contributed by atoms with E-state index < -0.39 is 22.6 Å². The van der Waals surface area contributed by atoms with Gasteiger partial charge in [-0.2, -0.15) is 0 Å². The number of hydrogen-bond donors (Lipinski definition) is 3. The second kappa shape index (κ2) is 10.6. The summed E-state index contributed by atoms with van der Waals surface area (Å²) in [6, 6.07) is 6.52. The Kier molecular flexibility index (Phi) is 7.72. The number of unbranched alkanes of at least 4 members (excludes halogenated alkanes) is 2. The van der Waals surface area contributed by atoms with Crippen molar-refractivity contribution in [3.63, 3.8) is 0 Å². The molecule has 0 saturated carbocycles. The SMILES string of the molecule is CCCNC(=O)[C@@H]1[C@@H]2CCC3(S2)C(C(=O)Nc2ccc(OC)cc2)N(CCCCCO)C(=O)[C@H]13. The fourth-order valence-corrected chi connectivity index (χ4v) is 8.04. The molecule has 3 amide bonds. The number of carbonyl (C=O) groups is 3. The highest BCUT2D eigenvalue weighted by Crippen LogP contribution is 2.66. The van der Waals surface area contributed by atoms with Gasteiger partial charge in [-0.05, 0) is 62.8 Å². The van der Waals surface area contributed by atoms with Gasteiger partial charge in [-0.1, -0.05) is 6.92 Å². The highest BCUT2D eigenvalue weighted by atomic mass is 32.2. The first-order chi connectivity index (χ1) is 16.5. The number of aliphatic hydroxyl groups excluding tert-OH is 1. The van der Waals surface area contributed by atoms with Crippen LogP contribution in [-0.2, 0) is 14.4 Å². The minimum Gasteiger partial charge on any atom is -0.497 e. The van der Waals surface area contributed by atoms with Gasteiger partial charge in [0.2, 0.25) is 17.7 Å². The molecule has 3 fully saturated rings. The number of benzene rings is 1. The van der Waals surface area contributed by atoms with Crippen molar-refractivity contribution in [2.45, 2.75) is 61.5 Å². The van der Waals surface area contributed by atoms with Crippen LogP contribution in [0.2, 0.25) is 0 Å². The molecule has 34 heavy (non-hydrogen) atoms. The maximum absolute atomic E-state index is 13.8. The molecule has 8 nitrogen and oxygen atoms in total. The van der Waals surface area contributed by atoms with Crippen LogP contribution in [0.3, 0.4) is 0 Å². The maximum Gasteiger partial charge on any atom is 0.248 e. The molecule has 9 heteroatoms. The van der Waals surface area contributed by atoms with Crippen molar-refractivity contribution in [1.29, 1.82) is 0 Å². The number of hydrogen-bond acceptors (Lipinski definition) is 6. The monoisotopic (exact) mass is 489 g/mol. The molecule has 1 aromatic rings. The average molecular weight is 490 g/mol. The van der Waals surface area contributed by atoms with Gasteiger partial charge in [0.1, 0.15) is 11.8 Å². The Labute approximate surface area is 205 Å². The number of rotatable bonds is 11. The van der Waals surface area contributed by atoms with Crippen LogP contribution in [0, 0.1) is 11.8 Å². The van der Waals surface area contributed by atoms with E-state index in [2.05, 4.69) is 10.6 Å². The van der Waals surface area contributed by atoms with Crippen molar-refractivity contribution in [1.82, 2.24) is 10.2 Å². The molecule has 0 aliphatic carbocycles. The lowest BCUT2D eigenvalue weighted by molar-refractivity contribution is -0.139. The summed E-state index contributed by atoms with van der Waals surface area (Å²) in [4.78, 5) is 42.3. The van der Waals surface area contributed by atoms with E-state index in [4.69, 9.17) is 9.84 Å². The normalized spacial score (nSPS) is 29.3. The predicted octanol–water partition coefficient (Wildman–Crippen LogP) is 2.41. The molecule has 3 aliphatic heterocycles. The van der Waals surface area contributed by atoms with Crippen LogP contribution in [-0.4, -0.2) is 70.6 Å². The number of fused-ring (bicyclic) bond motifs is 1. The molecule has 2 unspecified atom stereocenters. The van der Waals surface area contributed by atoms with E-state index in [0.717, 1.165) is 25.7 Å². The Morgan fingerprint density at radius 1 is 1.21 bits per heavy atom. The van der Waals surface area contributed by atoms with Crippen molar-refractivity contribution in [2.75, 3.05) is 32.1 Å². The molecule has 3 aliphatic rings. The average Bonchev–Trinajstić information content (AvgIpc) is 3.48. The number of nitrogens with zero attached hydrogens (tertiary/aromatic N) is 1. The predicted molar refractivity (Wildman–Crippen MR) is 132 cm³/mol. The van der Waals surface area contributed by atoms with Gasteiger partial charge in [-0.3, -0.25) is 14.4 Å². The molecule has 0 aromatic heterocycles. The summed E-state index contributed by atoms with van der Waals surface area (Å²) in [6.45, 7) is 3.16. The summed E-state index contributed by atoms with van der Waals surface area (Å²) in [7, 11) is 1.59. The number of aliphatic hydroxyl groups is 1. The van der Waals surface area contributed by atoms with Crippen molar-refractivity contribution in [3.05, 3.63) is 24.3 Å². The lowest BCUT2D eigenvalue weighted by atomic mass is 9.70. The molecular formula is C25H35N3O5S. The van der Waals surface area contributed by atoms with Crippen molar-refractivity contribution < 1.29 is 24.2 Å². The van der Waals surface area contributed by atoms with E-state index >= 15 is 0 Å². The first-order valence-corrected chi connectivity index (χ1v) is 13.2. The van der Waals surface area contributed by atoms with Crippen LogP contribution in [0.25, 0.3) is 0 Å². The smallest absolute Gasteiger partial charge is 0.248 e. The van der Waals surface area contributed by atoms with Gasteiger partial charge in [0.25, 0.3) is 0 Å². The van der Waals surface area contributed by atoms with E-state index in [0.29, 0.717) is 37.4 Å². The number of methoxy groups -OCH3 is 1. The van der Waals surface area contributed by atoms with Crippen molar-refractivity contribution >= 4 is 35.2 Å². The molecule has 3 saturated heterocycles. The van der Waals surface area contributed by atoms with Gasteiger partial charge < -0.3 is 25.4 Å². The quantitative estimate of drug-likeness (QED) is 0.412. The van der Waals surface area contributed by atoms with Gasteiger partial charge in [0, 0.05) is 30.6 Å². The number of anilines is 1. The number of ether oxygens (including phenoxy) is 1. The van der Waals surface area contributed by atoms with Crippen LogP contribution in [0.15, 0.2) is 24.3 Å². The number of nitrogens with one attached hydrogen (secondary N) is 2. The lowest BCUT2D eigenvalue weighted by Gasteiger charge is -2.34. The topological polar surface area (TPSA) is 108 Å². The Bertz CT molecular complexity index is 910. The maximum atomic E-state index is 13.8. The number of likely N-dealkylation sites (tertiary alicyclic amines) is 1. The third-order valence-corrected chi connectivity index (χ3v) is 9.27. The standard InChI is InChI=1S/C25H35N3O5S/c1-3-13-26-22(30)19-18-11-12-25(34-18)20(19)24(32)28(14-5-4-6-15-29)21(25)23(31)27-16-7-9-17(33-2)10-8-16/h7-10,18-21,29H,3-6,11-15H2,1-2H3,(H,26,30)(H,27,31)/t18-,19+,20-,21?,25?/m0/s1.